The molecule has 0 aliphatic carbocycles. The zero-order chi connectivity index (χ0) is 19.7. The number of carbonyl (C=O) groups excluding carboxylic acids is 1. The van der Waals surface area contributed by atoms with Crippen molar-refractivity contribution in [2.75, 3.05) is 11.1 Å². The maximum atomic E-state index is 13.2. The highest BCUT2D eigenvalue weighted by molar-refractivity contribution is 5.88. The van der Waals surface area contributed by atoms with Gasteiger partial charge in [0.15, 0.2) is 5.65 Å². The number of fused-ring (bicyclic) bond motifs is 1. The van der Waals surface area contributed by atoms with E-state index in [0.717, 1.165) is 5.56 Å². The lowest BCUT2D eigenvalue weighted by atomic mass is 10.2. The molecule has 8 heteroatoms. The molecule has 140 valence electrons. The molecule has 0 aliphatic rings. The molecular weight excluding hydrogens is 356 g/mol. The number of anilines is 2. The van der Waals surface area contributed by atoms with Gasteiger partial charge in [0.2, 0.25) is 0 Å². The average molecular weight is 374 g/mol. The zero-order valence-electron chi connectivity index (χ0n) is 14.9. The summed E-state index contributed by atoms with van der Waals surface area (Å²) in [6, 6.07) is 17.2. The van der Waals surface area contributed by atoms with E-state index in [1.54, 1.807) is 53.2 Å². The van der Waals surface area contributed by atoms with Crippen molar-refractivity contribution in [3.63, 3.8) is 0 Å². The lowest BCUT2D eigenvalue weighted by molar-refractivity contribution is 0.259. The molecule has 0 aliphatic heterocycles. The van der Waals surface area contributed by atoms with Crippen molar-refractivity contribution in [2.24, 2.45) is 5.73 Å². The van der Waals surface area contributed by atoms with Gasteiger partial charge in [-0.05, 0) is 48.0 Å². The van der Waals surface area contributed by atoms with E-state index in [2.05, 4.69) is 10.3 Å². The van der Waals surface area contributed by atoms with Crippen LogP contribution in [0, 0.1) is 0 Å². The van der Waals surface area contributed by atoms with Crippen LogP contribution in [0.4, 0.5) is 16.2 Å². The molecule has 28 heavy (non-hydrogen) atoms. The van der Waals surface area contributed by atoms with Crippen LogP contribution < -0.4 is 22.5 Å². The number of benzene rings is 2. The van der Waals surface area contributed by atoms with Gasteiger partial charge < -0.3 is 16.8 Å². The molecular formula is C20H18N6O2. The maximum absolute atomic E-state index is 13.2. The van der Waals surface area contributed by atoms with Gasteiger partial charge in [0.05, 0.1) is 17.7 Å². The molecule has 0 atom stereocenters. The summed E-state index contributed by atoms with van der Waals surface area (Å²) >= 11 is 0. The Morgan fingerprint density at radius 1 is 1.07 bits per heavy atom. The minimum absolute atomic E-state index is 0.234. The van der Waals surface area contributed by atoms with Gasteiger partial charge in [-0.2, -0.15) is 0 Å². The smallest absolute Gasteiger partial charge is 0.335 e. The van der Waals surface area contributed by atoms with Crippen molar-refractivity contribution < 1.29 is 4.79 Å². The van der Waals surface area contributed by atoms with Gasteiger partial charge in [0.25, 0.3) is 0 Å². The number of aromatic nitrogens is 3. The predicted molar refractivity (Wildman–Crippen MR) is 108 cm³/mol. The topological polar surface area (TPSA) is 121 Å². The minimum Gasteiger partial charge on any atom is -0.399 e. The summed E-state index contributed by atoms with van der Waals surface area (Å²) in [5.74, 6) is 0. The number of urea groups is 1. The Labute approximate surface area is 160 Å². The van der Waals surface area contributed by atoms with E-state index in [-0.39, 0.29) is 5.69 Å². The SMILES string of the molecule is NC(=O)Nc1cccc(-n2c(=O)n(Cc3ccc(N)cc3)c3cccnc32)c1. The molecule has 5 N–H and O–H groups in total. The summed E-state index contributed by atoms with van der Waals surface area (Å²) in [7, 11) is 0. The van der Waals surface area contributed by atoms with Crippen molar-refractivity contribution in [3.05, 3.63) is 82.9 Å². The van der Waals surface area contributed by atoms with Crippen molar-refractivity contribution >= 4 is 28.6 Å². The second-order valence-electron chi connectivity index (χ2n) is 6.33. The molecule has 8 nitrogen and oxygen atoms in total. The predicted octanol–water partition coefficient (Wildman–Crippen LogP) is 2.31. The second-order valence-corrected chi connectivity index (χ2v) is 6.33. The van der Waals surface area contributed by atoms with Crippen LogP contribution in [0.1, 0.15) is 5.56 Å². The van der Waals surface area contributed by atoms with E-state index >= 15 is 0 Å². The van der Waals surface area contributed by atoms with Gasteiger partial charge in [-0.1, -0.05) is 18.2 Å². The molecule has 2 aromatic carbocycles. The lowest BCUT2D eigenvalue weighted by Crippen LogP contribution is -2.24. The molecule has 2 amide bonds. The normalized spacial score (nSPS) is 10.9. The van der Waals surface area contributed by atoms with Gasteiger partial charge in [-0.25, -0.2) is 19.1 Å². The number of rotatable bonds is 4. The summed E-state index contributed by atoms with van der Waals surface area (Å²) in [6.07, 6.45) is 1.64. The molecule has 0 bridgehead atoms. The first-order chi connectivity index (χ1) is 13.5. The highest BCUT2D eigenvalue weighted by Crippen LogP contribution is 2.19. The van der Waals surface area contributed by atoms with E-state index in [0.29, 0.717) is 34.8 Å². The summed E-state index contributed by atoms with van der Waals surface area (Å²) in [5, 5.41) is 2.52. The largest absolute Gasteiger partial charge is 0.399 e. The van der Waals surface area contributed by atoms with Gasteiger partial charge >= 0.3 is 11.7 Å². The average Bonchev–Trinajstić information content (AvgIpc) is 2.95. The number of nitrogens with one attached hydrogen (secondary N) is 1. The van der Waals surface area contributed by atoms with E-state index in [1.165, 1.54) is 4.57 Å². The van der Waals surface area contributed by atoms with Crippen molar-refractivity contribution in [1.29, 1.82) is 0 Å². The molecule has 4 aromatic rings. The molecule has 4 rings (SSSR count). The fraction of sp³-hybridized carbons (Fsp3) is 0.0500. The van der Waals surface area contributed by atoms with Gasteiger partial charge in [-0.3, -0.25) is 4.57 Å². The third-order valence-electron chi connectivity index (χ3n) is 4.38. The minimum atomic E-state index is -0.673. The first-order valence-electron chi connectivity index (χ1n) is 8.60. The molecule has 0 saturated carbocycles. The standard InChI is InChI=1S/C20H18N6O2/c21-14-8-6-13(7-9-14)12-25-17-5-2-10-23-18(17)26(20(25)28)16-4-1-3-15(11-16)24-19(22)27/h1-11H,12,21H2,(H3,22,24,27). The Kier molecular flexibility index (Phi) is 4.29. The van der Waals surface area contributed by atoms with Crippen molar-refractivity contribution in [1.82, 2.24) is 14.1 Å². The van der Waals surface area contributed by atoms with Crippen LogP contribution in [0.3, 0.4) is 0 Å². The molecule has 0 unspecified atom stereocenters. The fourth-order valence-electron chi connectivity index (χ4n) is 3.14. The zero-order valence-corrected chi connectivity index (χ0v) is 14.9. The Bertz CT molecular complexity index is 1220. The van der Waals surface area contributed by atoms with Crippen LogP contribution in [0.2, 0.25) is 0 Å². The first kappa shape index (κ1) is 17.3. The highest BCUT2D eigenvalue weighted by atomic mass is 16.2. The van der Waals surface area contributed by atoms with Crippen LogP contribution in [0.5, 0.6) is 0 Å². The number of hydrogen-bond acceptors (Lipinski definition) is 4. The van der Waals surface area contributed by atoms with Gasteiger partial charge in [0.1, 0.15) is 0 Å². The summed E-state index contributed by atoms with van der Waals surface area (Å²) < 4.78 is 3.17. The maximum Gasteiger partial charge on any atom is 0.335 e. The van der Waals surface area contributed by atoms with Crippen molar-refractivity contribution in [2.45, 2.75) is 6.54 Å². The van der Waals surface area contributed by atoms with Crippen LogP contribution in [0.25, 0.3) is 16.9 Å². The van der Waals surface area contributed by atoms with Crippen LogP contribution in [-0.2, 0) is 6.54 Å². The molecule has 2 heterocycles. The molecule has 0 radical (unpaired) electrons. The summed E-state index contributed by atoms with van der Waals surface area (Å²) in [4.78, 5) is 28.8. The van der Waals surface area contributed by atoms with E-state index in [4.69, 9.17) is 11.5 Å². The Hall–Kier alpha value is -4.07. The molecule has 0 fully saturated rings. The molecule has 0 saturated heterocycles. The first-order valence-corrected chi connectivity index (χ1v) is 8.60. The monoisotopic (exact) mass is 374 g/mol. The van der Waals surface area contributed by atoms with E-state index in [9.17, 15) is 9.59 Å². The number of imidazole rings is 1. The number of nitrogens with zero attached hydrogens (tertiary/aromatic N) is 3. The third kappa shape index (κ3) is 3.18. The van der Waals surface area contributed by atoms with Gasteiger partial charge in [-0.15, -0.1) is 0 Å². The Morgan fingerprint density at radius 2 is 1.86 bits per heavy atom. The number of carbonyl (C=O) groups is 1. The number of amides is 2. The van der Waals surface area contributed by atoms with Crippen LogP contribution in [-0.4, -0.2) is 20.1 Å². The number of nitrogen functional groups attached to an aromatic ring is 1. The molecule has 0 spiro atoms. The number of primary amides is 1. The Balaban J connectivity index is 1.86. The fourth-order valence-corrected chi connectivity index (χ4v) is 3.14. The number of hydrogen-bond donors (Lipinski definition) is 3. The third-order valence-corrected chi connectivity index (χ3v) is 4.38. The second kappa shape index (κ2) is 6.92. The van der Waals surface area contributed by atoms with Crippen molar-refractivity contribution in [3.8, 4) is 5.69 Å². The quantitative estimate of drug-likeness (QED) is 0.475. The van der Waals surface area contributed by atoms with E-state index < -0.39 is 6.03 Å². The Morgan fingerprint density at radius 3 is 2.61 bits per heavy atom. The van der Waals surface area contributed by atoms with Crippen LogP contribution >= 0.6 is 0 Å². The lowest BCUT2D eigenvalue weighted by Gasteiger charge is -2.06. The summed E-state index contributed by atoms with van der Waals surface area (Å²) in [5.41, 5.74) is 14.6. The number of nitrogens with two attached hydrogens (primary N) is 2. The van der Waals surface area contributed by atoms with Crippen LogP contribution in [0.15, 0.2) is 71.7 Å². The molecule has 2 aromatic heterocycles. The van der Waals surface area contributed by atoms with Gasteiger partial charge in [0, 0.05) is 17.6 Å². The summed E-state index contributed by atoms with van der Waals surface area (Å²) in [6.45, 7) is 0.382. The van der Waals surface area contributed by atoms with E-state index in [1.807, 2.05) is 18.2 Å². The highest BCUT2D eigenvalue weighted by Gasteiger charge is 2.16. The number of pyridine rings is 1.